The monoisotopic (exact) mass is 280 g/mol. The van der Waals surface area contributed by atoms with E-state index < -0.39 is 0 Å². The largest absolute Gasteiger partial charge is 0.0795 e. The number of hydrogen-bond acceptors (Lipinski definition) is 0. The van der Waals surface area contributed by atoms with E-state index in [0.29, 0.717) is 0 Å². The van der Waals surface area contributed by atoms with E-state index in [0.717, 1.165) is 15.0 Å². The van der Waals surface area contributed by atoms with Crippen molar-refractivity contribution >= 4 is 25.3 Å². The lowest BCUT2D eigenvalue weighted by Crippen LogP contribution is -2.15. The van der Waals surface area contributed by atoms with Crippen LogP contribution in [0.3, 0.4) is 0 Å². The summed E-state index contributed by atoms with van der Waals surface area (Å²) in [5.74, 6) is 0. The molecule has 0 radical (unpaired) electrons. The zero-order valence-electron chi connectivity index (χ0n) is 12.2. The smallest absolute Gasteiger partial charge is 0.00817 e. The number of aryl methyl sites for hydroxylation is 2. The van der Waals surface area contributed by atoms with E-state index >= 15 is 0 Å². The fraction of sp³-hybridized carbons (Fsp3) is 0.263. The molecule has 2 aromatic carbocycles. The molecule has 1 unspecified atom stereocenters. The lowest BCUT2D eigenvalue weighted by atomic mass is 10.1. The molecule has 0 amide bonds. The van der Waals surface area contributed by atoms with Crippen LogP contribution in [0.25, 0.3) is 6.08 Å². The van der Waals surface area contributed by atoms with Gasteiger partial charge in [-0.1, -0.05) is 70.5 Å². The molecule has 0 aromatic heterocycles. The van der Waals surface area contributed by atoms with Crippen molar-refractivity contribution < 1.29 is 0 Å². The predicted octanol–water partition coefficient (Wildman–Crippen LogP) is 4.15. The molecule has 3 rings (SSSR count). The molecule has 1 atom stereocenters. The normalized spacial score (nSPS) is 13.3. The van der Waals surface area contributed by atoms with Crippen molar-refractivity contribution in [3.05, 3.63) is 64.7 Å². The summed E-state index contributed by atoms with van der Waals surface area (Å²) in [4.78, 5) is 0. The van der Waals surface area contributed by atoms with Gasteiger partial charge in [0.15, 0.2) is 0 Å². The van der Waals surface area contributed by atoms with Gasteiger partial charge in [0.1, 0.15) is 0 Å². The molecule has 2 aromatic rings. The van der Waals surface area contributed by atoms with Crippen LogP contribution < -0.4 is 10.6 Å². The van der Waals surface area contributed by atoms with Crippen molar-refractivity contribution in [2.24, 2.45) is 0 Å². The SMILES string of the molecule is CCCc1ccccc1Pc1c(C)ccc2c1CC=C2. The van der Waals surface area contributed by atoms with Gasteiger partial charge < -0.3 is 0 Å². The summed E-state index contributed by atoms with van der Waals surface area (Å²) >= 11 is 0. The highest BCUT2D eigenvalue weighted by molar-refractivity contribution is 7.55. The van der Waals surface area contributed by atoms with Gasteiger partial charge >= 0.3 is 0 Å². The summed E-state index contributed by atoms with van der Waals surface area (Å²) < 4.78 is 0. The number of allylic oxidation sites excluding steroid dienone is 1. The number of hydrogen-bond donors (Lipinski definition) is 0. The first-order valence-corrected chi connectivity index (χ1v) is 8.43. The highest BCUT2D eigenvalue weighted by Crippen LogP contribution is 2.26. The lowest BCUT2D eigenvalue weighted by Gasteiger charge is -2.15. The van der Waals surface area contributed by atoms with Crippen LogP contribution in [0.2, 0.25) is 0 Å². The average molecular weight is 280 g/mol. The predicted molar refractivity (Wildman–Crippen MR) is 91.9 cm³/mol. The van der Waals surface area contributed by atoms with E-state index in [2.05, 4.69) is 62.4 Å². The minimum absolute atomic E-state index is 0.786. The first-order valence-electron chi connectivity index (χ1n) is 7.43. The maximum Gasteiger partial charge on any atom is -0.00817 e. The second-order valence-electron chi connectivity index (χ2n) is 5.46. The molecule has 0 nitrogen and oxygen atoms in total. The van der Waals surface area contributed by atoms with Crippen molar-refractivity contribution in [2.75, 3.05) is 0 Å². The molecule has 20 heavy (non-hydrogen) atoms. The number of benzene rings is 2. The van der Waals surface area contributed by atoms with E-state index in [1.165, 1.54) is 34.8 Å². The molecule has 0 bridgehead atoms. The minimum atomic E-state index is 0.786. The zero-order valence-corrected chi connectivity index (χ0v) is 13.2. The van der Waals surface area contributed by atoms with Crippen LogP contribution in [0.15, 0.2) is 42.5 Å². The standard InChI is InChI=1S/C19H21P/c1-3-7-16-8-4-5-11-18(16)20-19-14(2)12-13-15-9-6-10-17(15)19/h4-6,8-9,11-13,20H,3,7,10H2,1-2H3. The summed E-state index contributed by atoms with van der Waals surface area (Å²) in [6.07, 6.45) is 8.07. The van der Waals surface area contributed by atoms with Gasteiger partial charge in [-0.3, -0.25) is 0 Å². The summed E-state index contributed by atoms with van der Waals surface area (Å²) in [7, 11) is 0.786. The zero-order chi connectivity index (χ0) is 13.9. The van der Waals surface area contributed by atoms with Gasteiger partial charge in [0.2, 0.25) is 0 Å². The Bertz CT molecular complexity index is 653. The van der Waals surface area contributed by atoms with Crippen LogP contribution in [0, 0.1) is 6.92 Å². The van der Waals surface area contributed by atoms with Crippen LogP contribution >= 0.6 is 8.58 Å². The van der Waals surface area contributed by atoms with E-state index in [9.17, 15) is 0 Å². The van der Waals surface area contributed by atoms with Crippen LogP contribution in [0.4, 0.5) is 0 Å². The third-order valence-corrected chi connectivity index (χ3v) is 5.68. The highest BCUT2D eigenvalue weighted by atomic mass is 31.1. The molecule has 1 aliphatic rings. The van der Waals surface area contributed by atoms with Gasteiger partial charge in [-0.05, 0) is 52.6 Å². The van der Waals surface area contributed by atoms with E-state index in [1.54, 1.807) is 10.9 Å². The summed E-state index contributed by atoms with van der Waals surface area (Å²) in [5.41, 5.74) is 5.94. The number of rotatable bonds is 4. The Kier molecular flexibility index (Phi) is 4.03. The Morgan fingerprint density at radius 1 is 1.10 bits per heavy atom. The van der Waals surface area contributed by atoms with Gasteiger partial charge in [-0.25, -0.2) is 0 Å². The third-order valence-electron chi connectivity index (χ3n) is 3.97. The highest BCUT2D eigenvalue weighted by Gasteiger charge is 2.14. The van der Waals surface area contributed by atoms with Crippen LogP contribution in [-0.4, -0.2) is 0 Å². The molecule has 0 heterocycles. The van der Waals surface area contributed by atoms with Gasteiger partial charge in [0.05, 0.1) is 0 Å². The van der Waals surface area contributed by atoms with Gasteiger partial charge in [0.25, 0.3) is 0 Å². The fourth-order valence-electron chi connectivity index (χ4n) is 2.90. The third kappa shape index (κ3) is 2.58. The second-order valence-corrected chi connectivity index (χ2v) is 6.75. The van der Waals surface area contributed by atoms with Gasteiger partial charge in [0, 0.05) is 0 Å². The minimum Gasteiger partial charge on any atom is -0.0795 e. The Hall–Kier alpha value is -1.39. The Morgan fingerprint density at radius 3 is 2.80 bits per heavy atom. The molecule has 0 aliphatic heterocycles. The first kappa shape index (κ1) is 13.6. The van der Waals surface area contributed by atoms with Crippen LogP contribution in [-0.2, 0) is 12.8 Å². The summed E-state index contributed by atoms with van der Waals surface area (Å²) in [6.45, 7) is 4.51. The molecule has 102 valence electrons. The van der Waals surface area contributed by atoms with E-state index in [-0.39, 0.29) is 0 Å². The second kappa shape index (κ2) is 5.94. The quantitative estimate of drug-likeness (QED) is 0.738. The molecule has 0 fully saturated rings. The van der Waals surface area contributed by atoms with Crippen molar-refractivity contribution in [2.45, 2.75) is 33.1 Å². The van der Waals surface area contributed by atoms with Gasteiger partial charge in [-0.15, -0.1) is 0 Å². The average Bonchev–Trinajstić information content (AvgIpc) is 2.93. The van der Waals surface area contributed by atoms with Crippen molar-refractivity contribution in [1.82, 2.24) is 0 Å². The number of fused-ring (bicyclic) bond motifs is 1. The Labute approximate surface area is 123 Å². The van der Waals surface area contributed by atoms with Crippen LogP contribution in [0.1, 0.15) is 35.6 Å². The van der Waals surface area contributed by atoms with Crippen LogP contribution in [0.5, 0.6) is 0 Å². The maximum atomic E-state index is 2.31. The molecule has 0 saturated heterocycles. The molecule has 0 saturated carbocycles. The molecule has 0 spiro atoms. The summed E-state index contributed by atoms with van der Waals surface area (Å²) in [6, 6.07) is 13.5. The van der Waals surface area contributed by atoms with E-state index in [4.69, 9.17) is 0 Å². The van der Waals surface area contributed by atoms with Crippen molar-refractivity contribution in [3.63, 3.8) is 0 Å². The maximum absolute atomic E-state index is 2.31. The molecule has 0 N–H and O–H groups in total. The first-order chi connectivity index (χ1) is 9.79. The molecule has 1 aliphatic carbocycles. The van der Waals surface area contributed by atoms with Crippen molar-refractivity contribution in [1.29, 1.82) is 0 Å². The Morgan fingerprint density at radius 2 is 1.95 bits per heavy atom. The fourth-order valence-corrected chi connectivity index (χ4v) is 4.39. The summed E-state index contributed by atoms with van der Waals surface area (Å²) in [5, 5.41) is 3.09. The molecule has 1 heteroatoms. The van der Waals surface area contributed by atoms with Crippen molar-refractivity contribution in [3.8, 4) is 0 Å². The lowest BCUT2D eigenvalue weighted by molar-refractivity contribution is 0.927. The molecular weight excluding hydrogens is 259 g/mol. The Balaban J connectivity index is 1.99. The van der Waals surface area contributed by atoms with Gasteiger partial charge in [-0.2, -0.15) is 0 Å². The topological polar surface area (TPSA) is 0 Å². The molecular formula is C19H21P. The van der Waals surface area contributed by atoms with E-state index in [1.807, 2.05) is 0 Å².